The highest BCUT2D eigenvalue weighted by atomic mass is 35.5. The van der Waals surface area contributed by atoms with Crippen molar-refractivity contribution in [1.82, 2.24) is 0 Å². The van der Waals surface area contributed by atoms with Crippen molar-refractivity contribution < 1.29 is 4.42 Å². The van der Waals surface area contributed by atoms with E-state index in [0.717, 1.165) is 16.7 Å². The van der Waals surface area contributed by atoms with Gasteiger partial charge >= 0.3 is 0 Å². The molecule has 0 spiro atoms. The molecule has 0 amide bonds. The molecule has 0 atom stereocenters. The third-order valence-corrected chi connectivity index (χ3v) is 2.01. The summed E-state index contributed by atoms with van der Waals surface area (Å²) in [6.45, 7) is 3.75. The van der Waals surface area contributed by atoms with Crippen LogP contribution in [-0.2, 0) is 6.42 Å². The van der Waals surface area contributed by atoms with Crippen molar-refractivity contribution in [2.75, 3.05) is 0 Å². The molecule has 0 aliphatic rings. The third-order valence-electron chi connectivity index (χ3n) is 1.78. The summed E-state index contributed by atoms with van der Waals surface area (Å²) in [5.41, 5.74) is 0.834. The summed E-state index contributed by atoms with van der Waals surface area (Å²) < 4.78 is 5.45. The third kappa shape index (κ3) is 1.21. The second-order valence-electron chi connectivity index (χ2n) is 2.64. The van der Waals surface area contributed by atoms with E-state index in [9.17, 15) is 0 Å². The smallest absolute Gasteiger partial charge is 0.135 e. The second-order valence-corrected chi connectivity index (χ2v) is 3.08. The summed E-state index contributed by atoms with van der Waals surface area (Å²) >= 11 is 5.80. The van der Waals surface area contributed by atoms with Crippen molar-refractivity contribution in [2.24, 2.45) is 0 Å². The van der Waals surface area contributed by atoms with Crippen LogP contribution in [0.3, 0.4) is 0 Å². The van der Waals surface area contributed by atoms with E-state index in [1.807, 2.05) is 24.3 Å². The molecule has 2 aromatic rings. The minimum atomic E-state index is 0.673. The molecule has 12 heavy (non-hydrogen) atoms. The molecule has 1 heterocycles. The van der Waals surface area contributed by atoms with Crippen LogP contribution in [0.5, 0.6) is 0 Å². The maximum atomic E-state index is 5.80. The zero-order chi connectivity index (χ0) is 8.55. The predicted octanol–water partition coefficient (Wildman–Crippen LogP) is 3.46. The van der Waals surface area contributed by atoms with Crippen molar-refractivity contribution in [2.45, 2.75) is 6.42 Å². The van der Waals surface area contributed by atoms with Gasteiger partial charge < -0.3 is 4.42 Å². The summed E-state index contributed by atoms with van der Waals surface area (Å²) in [6.07, 6.45) is 0.673. The largest absolute Gasteiger partial charge is 0.461 e. The average molecular weight is 180 g/mol. The molecule has 1 nitrogen and oxygen atoms in total. The monoisotopic (exact) mass is 179 g/mol. The van der Waals surface area contributed by atoms with E-state index in [2.05, 4.69) is 6.92 Å². The number of benzene rings is 1. The Bertz CT molecular complexity index is 403. The highest BCUT2D eigenvalue weighted by molar-refractivity contribution is 6.31. The normalized spacial score (nSPS) is 10.8. The Labute approximate surface area is 75.9 Å². The minimum absolute atomic E-state index is 0.673. The summed E-state index contributed by atoms with van der Waals surface area (Å²) in [4.78, 5) is 0. The zero-order valence-electron chi connectivity index (χ0n) is 6.51. The molecule has 1 aromatic carbocycles. The highest BCUT2D eigenvalue weighted by Crippen LogP contribution is 2.22. The molecule has 0 saturated carbocycles. The van der Waals surface area contributed by atoms with Gasteiger partial charge in [-0.2, -0.15) is 0 Å². The maximum Gasteiger partial charge on any atom is 0.135 e. The van der Waals surface area contributed by atoms with Gasteiger partial charge in [0.15, 0.2) is 0 Å². The van der Waals surface area contributed by atoms with Gasteiger partial charge in [-0.05, 0) is 31.2 Å². The Hall–Kier alpha value is -0.950. The van der Waals surface area contributed by atoms with Gasteiger partial charge in [0, 0.05) is 16.8 Å². The molecule has 0 aliphatic carbocycles. The second kappa shape index (κ2) is 2.83. The first kappa shape index (κ1) is 7.69. The molecule has 0 N–H and O–H groups in total. The Morgan fingerprint density at radius 3 is 2.92 bits per heavy atom. The Balaban J connectivity index is 2.67. The van der Waals surface area contributed by atoms with Gasteiger partial charge in [-0.3, -0.25) is 0 Å². The van der Waals surface area contributed by atoms with Crippen molar-refractivity contribution in [3.8, 4) is 0 Å². The van der Waals surface area contributed by atoms with Gasteiger partial charge in [0.2, 0.25) is 0 Å². The van der Waals surface area contributed by atoms with Crippen LogP contribution in [0.4, 0.5) is 0 Å². The standard InChI is InChI=1S/C10H8ClO/c1-2-9-5-7-3-4-8(11)6-10(7)12-9/h3-6H,1-2H2. The molecule has 61 valence electrons. The quantitative estimate of drug-likeness (QED) is 0.654. The van der Waals surface area contributed by atoms with Crippen LogP contribution in [0, 0.1) is 6.92 Å². The molecular weight excluding hydrogens is 172 g/mol. The van der Waals surface area contributed by atoms with Crippen LogP contribution < -0.4 is 0 Å². The molecular formula is C10H8ClO. The fourth-order valence-corrected chi connectivity index (χ4v) is 1.35. The Morgan fingerprint density at radius 1 is 1.33 bits per heavy atom. The summed E-state index contributed by atoms with van der Waals surface area (Å²) in [5, 5.41) is 1.78. The number of hydrogen-bond donors (Lipinski definition) is 0. The average Bonchev–Trinajstić information content (AvgIpc) is 2.46. The number of halogens is 1. The fraction of sp³-hybridized carbons (Fsp3) is 0.100. The molecule has 0 aliphatic heterocycles. The van der Waals surface area contributed by atoms with Crippen LogP contribution in [0.15, 0.2) is 28.7 Å². The van der Waals surface area contributed by atoms with Crippen molar-refractivity contribution >= 4 is 22.6 Å². The predicted molar refractivity (Wildman–Crippen MR) is 50.3 cm³/mol. The topological polar surface area (TPSA) is 13.1 Å². The van der Waals surface area contributed by atoms with E-state index in [1.54, 1.807) is 0 Å². The lowest BCUT2D eigenvalue weighted by Crippen LogP contribution is -1.67. The Kier molecular flexibility index (Phi) is 1.81. The molecule has 2 rings (SSSR count). The van der Waals surface area contributed by atoms with Crippen LogP contribution in [0.25, 0.3) is 11.0 Å². The SMILES string of the molecule is [CH2]Cc1cc2ccc(Cl)cc2o1. The van der Waals surface area contributed by atoms with Gasteiger partial charge in [-0.1, -0.05) is 11.6 Å². The number of hydrogen-bond acceptors (Lipinski definition) is 1. The number of rotatable bonds is 1. The first-order chi connectivity index (χ1) is 5.79. The number of furan rings is 1. The van der Waals surface area contributed by atoms with Crippen LogP contribution >= 0.6 is 11.6 Å². The van der Waals surface area contributed by atoms with Crippen molar-refractivity contribution in [3.63, 3.8) is 0 Å². The lowest BCUT2D eigenvalue weighted by Gasteiger charge is -1.87. The zero-order valence-corrected chi connectivity index (χ0v) is 7.27. The molecule has 1 aromatic heterocycles. The van der Waals surface area contributed by atoms with E-state index in [4.69, 9.17) is 16.0 Å². The molecule has 0 fully saturated rings. The number of fused-ring (bicyclic) bond motifs is 1. The van der Waals surface area contributed by atoms with Crippen molar-refractivity contribution in [3.05, 3.63) is 42.0 Å². The fourth-order valence-electron chi connectivity index (χ4n) is 1.18. The van der Waals surface area contributed by atoms with Gasteiger partial charge in [-0.25, -0.2) is 0 Å². The van der Waals surface area contributed by atoms with E-state index < -0.39 is 0 Å². The molecule has 0 bridgehead atoms. The molecule has 0 unspecified atom stereocenters. The van der Waals surface area contributed by atoms with E-state index >= 15 is 0 Å². The van der Waals surface area contributed by atoms with Gasteiger partial charge in [0.1, 0.15) is 11.3 Å². The first-order valence-corrected chi connectivity index (χ1v) is 4.14. The van der Waals surface area contributed by atoms with Gasteiger partial charge in [-0.15, -0.1) is 0 Å². The molecule has 2 heteroatoms. The summed E-state index contributed by atoms with van der Waals surface area (Å²) in [6, 6.07) is 7.60. The van der Waals surface area contributed by atoms with E-state index in [-0.39, 0.29) is 0 Å². The summed E-state index contributed by atoms with van der Waals surface area (Å²) in [5.74, 6) is 0.896. The van der Waals surface area contributed by atoms with Gasteiger partial charge in [0.05, 0.1) is 0 Å². The van der Waals surface area contributed by atoms with E-state index in [1.165, 1.54) is 0 Å². The first-order valence-electron chi connectivity index (χ1n) is 3.77. The van der Waals surface area contributed by atoms with E-state index in [0.29, 0.717) is 11.4 Å². The Morgan fingerprint density at radius 2 is 2.17 bits per heavy atom. The summed E-state index contributed by atoms with van der Waals surface area (Å²) in [7, 11) is 0. The lowest BCUT2D eigenvalue weighted by atomic mass is 10.2. The highest BCUT2D eigenvalue weighted by Gasteiger charge is 2.01. The van der Waals surface area contributed by atoms with Crippen LogP contribution in [0.1, 0.15) is 5.76 Å². The van der Waals surface area contributed by atoms with Gasteiger partial charge in [0.25, 0.3) is 0 Å². The molecule has 1 radical (unpaired) electrons. The van der Waals surface area contributed by atoms with Crippen LogP contribution in [-0.4, -0.2) is 0 Å². The minimum Gasteiger partial charge on any atom is -0.461 e. The molecule has 0 saturated heterocycles. The van der Waals surface area contributed by atoms with Crippen LogP contribution in [0.2, 0.25) is 5.02 Å². The lowest BCUT2D eigenvalue weighted by molar-refractivity contribution is 0.565. The maximum absolute atomic E-state index is 5.80. The van der Waals surface area contributed by atoms with Crippen molar-refractivity contribution in [1.29, 1.82) is 0 Å².